The topological polar surface area (TPSA) is 65.0 Å². The fraction of sp³-hybridized carbons (Fsp3) is 0.786. The Balaban J connectivity index is 2.35. The van der Waals surface area contributed by atoms with Crippen LogP contribution < -0.4 is 0 Å². The van der Waals surface area contributed by atoms with Gasteiger partial charge in [-0.2, -0.15) is 0 Å². The van der Waals surface area contributed by atoms with Crippen LogP contribution in [0.25, 0.3) is 0 Å². The lowest BCUT2D eigenvalue weighted by atomic mass is 9.67. The average molecular weight is 270 g/mol. The molecule has 0 saturated carbocycles. The van der Waals surface area contributed by atoms with Crippen LogP contribution in [0.3, 0.4) is 0 Å². The Morgan fingerprint density at radius 2 is 2.00 bits per heavy atom. The van der Waals surface area contributed by atoms with E-state index in [-0.39, 0.29) is 12.6 Å². The average Bonchev–Trinajstić information content (AvgIpc) is 2.76. The van der Waals surface area contributed by atoms with E-state index in [2.05, 4.69) is 0 Å². The third kappa shape index (κ3) is 2.30. The smallest absolute Gasteiger partial charge is 0.302 e. The van der Waals surface area contributed by atoms with E-state index in [9.17, 15) is 9.90 Å². The zero-order valence-electron chi connectivity index (χ0n) is 12.0. The Labute approximate surface area is 113 Å². The van der Waals surface area contributed by atoms with Gasteiger partial charge in [-0.05, 0) is 18.1 Å². The summed E-state index contributed by atoms with van der Waals surface area (Å²) in [6.45, 7) is 8.47. The van der Waals surface area contributed by atoms with E-state index in [1.807, 2.05) is 20.8 Å². The maximum Gasteiger partial charge on any atom is 0.302 e. The summed E-state index contributed by atoms with van der Waals surface area (Å²) in [7, 11) is 0. The maximum absolute atomic E-state index is 11.0. The van der Waals surface area contributed by atoms with E-state index in [1.54, 1.807) is 0 Å². The summed E-state index contributed by atoms with van der Waals surface area (Å²) >= 11 is 0. The number of hydrogen-bond donors (Lipinski definition) is 1. The van der Waals surface area contributed by atoms with Crippen LogP contribution in [0, 0.1) is 5.41 Å². The van der Waals surface area contributed by atoms with Crippen molar-refractivity contribution in [1.29, 1.82) is 0 Å². The number of hydrogen-bond acceptors (Lipinski definition) is 5. The fourth-order valence-corrected chi connectivity index (χ4v) is 2.99. The van der Waals surface area contributed by atoms with Crippen LogP contribution in [0.1, 0.15) is 34.1 Å². The van der Waals surface area contributed by atoms with Crippen molar-refractivity contribution in [2.75, 3.05) is 19.8 Å². The van der Waals surface area contributed by atoms with Gasteiger partial charge in [0, 0.05) is 18.8 Å². The van der Waals surface area contributed by atoms with E-state index in [4.69, 9.17) is 14.2 Å². The molecule has 108 valence electrons. The molecule has 1 spiro atoms. The van der Waals surface area contributed by atoms with Gasteiger partial charge in [0.1, 0.15) is 6.61 Å². The molecule has 0 amide bonds. The van der Waals surface area contributed by atoms with Crippen molar-refractivity contribution in [3.8, 4) is 0 Å². The van der Waals surface area contributed by atoms with Crippen molar-refractivity contribution in [2.45, 2.75) is 46.0 Å². The minimum absolute atomic E-state index is 0.166. The number of aliphatic hydroxyl groups is 1. The fourth-order valence-electron chi connectivity index (χ4n) is 2.99. The summed E-state index contributed by atoms with van der Waals surface area (Å²) in [5.41, 5.74) is 1.28. The molecule has 1 saturated heterocycles. The van der Waals surface area contributed by atoms with E-state index < -0.39 is 17.3 Å². The van der Waals surface area contributed by atoms with E-state index in [0.29, 0.717) is 19.6 Å². The largest absolute Gasteiger partial charge is 0.461 e. The first-order valence-electron chi connectivity index (χ1n) is 6.59. The van der Waals surface area contributed by atoms with Crippen LogP contribution in [-0.2, 0) is 19.0 Å². The number of carbonyl (C=O) groups excluding carboxylic acids is 1. The summed E-state index contributed by atoms with van der Waals surface area (Å²) < 4.78 is 16.7. The highest BCUT2D eigenvalue weighted by atomic mass is 16.7. The van der Waals surface area contributed by atoms with Gasteiger partial charge < -0.3 is 19.3 Å². The van der Waals surface area contributed by atoms with Gasteiger partial charge in [0.15, 0.2) is 5.79 Å². The molecule has 0 radical (unpaired) electrons. The van der Waals surface area contributed by atoms with Gasteiger partial charge >= 0.3 is 5.97 Å². The number of carbonyl (C=O) groups is 1. The highest BCUT2D eigenvalue weighted by Crippen LogP contribution is 2.51. The van der Waals surface area contributed by atoms with E-state index >= 15 is 0 Å². The Kier molecular flexibility index (Phi) is 3.73. The van der Waals surface area contributed by atoms with Crippen molar-refractivity contribution < 1.29 is 24.1 Å². The standard InChI is InChI=1S/C14H22O5/c1-9-11(8-17-10(2)15)13(3,4)14(7-12(9)16)18-5-6-19-14/h12,16H,5-8H2,1-4H3. The molecular formula is C14H22O5. The highest BCUT2D eigenvalue weighted by Gasteiger charge is 2.56. The lowest BCUT2D eigenvalue weighted by Gasteiger charge is -2.49. The Morgan fingerprint density at radius 3 is 2.53 bits per heavy atom. The van der Waals surface area contributed by atoms with E-state index in [0.717, 1.165) is 11.1 Å². The lowest BCUT2D eigenvalue weighted by Crippen LogP contribution is -2.53. The molecule has 1 atom stereocenters. The number of aliphatic hydroxyl groups excluding tert-OH is 1. The summed E-state index contributed by atoms with van der Waals surface area (Å²) in [6, 6.07) is 0. The van der Waals surface area contributed by atoms with Gasteiger partial charge in [0.25, 0.3) is 0 Å². The molecule has 1 unspecified atom stereocenters. The monoisotopic (exact) mass is 270 g/mol. The molecule has 0 bridgehead atoms. The Hall–Kier alpha value is -0.910. The zero-order valence-corrected chi connectivity index (χ0v) is 12.0. The second-order valence-electron chi connectivity index (χ2n) is 5.74. The van der Waals surface area contributed by atoms with Gasteiger partial charge in [-0.15, -0.1) is 0 Å². The lowest BCUT2D eigenvalue weighted by molar-refractivity contribution is -0.237. The Bertz CT molecular complexity index is 404. The molecule has 1 aliphatic carbocycles. The van der Waals surface area contributed by atoms with Crippen molar-refractivity contribution in [2.24, 2.45) is 5.41 Å². The van der Waals surface area contributed by atoms with Crippen LogP contribution in [0.4, 0.5) is 0 Å². The predicted molar refractivity (Wildman–Crippen MR) is 68.4 cm³/mol. The third-order valence-electron chi connectivity index (χ3n) is 4.32. The summed E-state index contributed by atoms with van der Waals surface area (Å²) in [6.07, 6.45) is -0.216. The summed E-state index contributed by atoms with van der Waals surface area (Å²) in [4.78, 5) is 11.0. The molecule has 0 aromatic carbocycles. The van der Waals surface area contributed by atoms with Crippen molar-refractivity contribution in [1.82, 2.24) is 0 Å². The van der Waals surface area contributed by atoms with Crippen LogP contribution >= 0.6 is 0 Å². The minimum atomic E-state index is -0.818. The normalized spacial score (nSPS) is 28.8. The first kappa shape index (κ1) is 14.5. The number of esters is 1. The quantitative estimate of drug-likeness (QED) is 0.607. The van der Waals surface area contributed by atoms with Crippen molar-refractivity contribution in [3.63, 3.8) is 0 Å². The molecule has 0 aromatic heterocycles. The van der Waals surface area contributed by atoms with Gasteiger partial charge in [-0.3, -0.25) is 4.79 Å². The first-order chi connectivity index (χ1) is 8.80. The van der Waals surface area contributed by atoms with Crippen molar-refractivity contribution in [3.05, 3.63) is 11.1 Å². The van der Waals surface area contributed by atoms with Crippen LogP contribution in [0.5, 0.6) is 0 Å². The third-order valence-corrected chi connectivity index (χ3v) is 4.32. The second kappa shape index (κ2) is 4.89. The molecule has 5 nitrogen and oxygen atoms in total. The molecule has 2 aliphatic rings. The molecule has 5 heteroatoms. The Morgan fingerprint density at radius 1 is 1.42 bits per heavy atom. The van der Waals surface area contributed by atoms with Crippen molar-refractivity contribution >= 4 is 5.97 Å². The molecule has 0 aromatic rings. The van der Waals surface area contributed by atoms with E-state index in [1.165, 1.54) is 6.92 Å². The summed E-state index contributed by atoms with van der Waals surface area (Å²) in [5.74, 6) is -1.15. The molecule has 1 heterocycles. The molecule has 19 heavy (non-hydrogen) atoms. The predicted octanol–water partition coefficient (Wildman–Crippen LogP) is 1.40. The SMILES string of the molecule is CC(=O)OCC1=C(C)C(O)CC2(OCCO2)C1(C)C. The first-order valence-corrected chi connectivity index (χ1v) is 6.59. The number of rotatable bonds is 2. The van der Waals surface area contributed by atoms with Gasteiger partial charge in [-0.1, -0.05) is 13.8 Å². The summed E-state index contributed by atoms with van der Waals surface area (Å²) in [5, 5.41) is 10.2. The molecule has 2 rings (SSSR count). The van der Waals surface area contributed by atoms with Crippen LogP contribution in [0.15, 0.2) is 11.1 Å². The van der Waals surface area contributed by atoms with Gasteiger partial charge in [0.2, 0.25) is 0 Å². The van der Waals surface area contributed by atoms with Crippen LogP contribution in [-0.4, -0.2) is 42.8 Å². The molecule has 1 N–H and O–H groups in total. The highest BCUT2D eigenvalue weighted by molar-refractivity contribution is 5.66. The molecular weight excluding hydrogens is 248 g/mol. The van der Waals surface area contributed by atoms with Gasteiger partial charge in [0.05, 0.1) is 19.3 Å². The zero-order chi connectivity index (χ0) is 14.3. The van der Waals surface area contributed by atoms with Gasteiger partial charge in [-0.25, -0.2) is 0 Å². The maximum atomic E-state index is 11.0. The second-order valence-corrected chi connectivity index (χ2v) is 5.74. The molecule has 1 aliphatic heterocycles. The minimum Gasteiger partial charge on any atom is -0.461 e. The van der Waals surface area contributed by atoms with Crippen LogP contribution in [0.2, 0.25) is 0 Å². The molecule has 1 fully saturated rings. The number of ether oxygens (including phenoxy) is 3.